The molecule has 7 nitrogen and oxygen atoms in total. The summed E-state index contributed by atoms with van der Waals surface area (Å²) in [6.07, 6.45) is 2.43. The normalized spacial score (nSPS) is 21.0. The van der Waals surface area contributed by atoms with Gasteiger partial charge in [-0.05, 0) is 87.3 Å². The van der Waals surface area contributed by atoms with Crippen molar-refractivity contribution in [1.82, 2.24) is 10.2 Å². The van der Waals surface area contributed by atoms with Crippen molar-refractivity contribution in [2.24, 2.45) is 5.92 Å². The number of hydrogen-bond donors (Lipinski definition) is 1. The van der Waals surface area contributed by atoms with E-state index >= 15 is 0 Å². The summed E-state index contributed by atoms with van der Waals surface area (Å²) in [6, 6.07) is 15.4. The molecule has 0 aliphatic carbocycles. The van der Waals surface area contributed by atoms with Crippen molar-refractivity contribution < 1.29 is 4.79 Å². The number of piperidine rings is 1. The van der Waals surface area contributed by atoms with Gasteiger partial charge in [-0.2, -0.15) is 5.26 Å². The lowest BCUT2D eigenvalue weighted by Crippen LogP contribution is -2.47. The van der Waals surface area contributed by atoms with Gasteiger partial charge in [0.2, 0.25) is 0 Å². The predicted molar refractivity (Wildman–Crippen MR) is 153 cm³/mol. The number of thiocarbonyl (C=S) groups is 1. The standard InChI is InChI=1S/C28H33ClN6OS/c1-28(2)26(36)34(24-4-3-21(18-30)25(29)17-24)27(37)35(28)23-7-5-22(6-8-23)33-13-9-20(10-14-33)19-32-15-11-31-12-16-32/h3-8,17,20,31H,9-16,19H2,1-2H3. The highest BCUT2D eigenvalue weighted by molar-refractivity contribution is 7.81. The van der Waals surface area contributed by atoms with E-state index in [1.54, 1.807) is 18.2 Å². The first kappa shape index (κ1) is 25.9. The van der Waals surface area contributed by atoms with Crippen LogP contribution in [0.2, 0.25) is 5.02 Å². The summed E-state index contributed by atoms with van der Waals surface area (Å²) in [5.74, 6) is 0.637. The Morgan fingerprint density at radius 3 is 2.27 bits per heavy atom. The second-order valence-corrected chi connectivity index (χ2v) is 11.4. The highest BCUT2D eigenvalue weighted by atomic mass is 35.5. The Morgan fingerprint density at radius 1 is 1.03 bits per heavy atom. The number of nitrogens with zero attached hydrogens (tertiary/aromatic N) is 5. The maximum absolute atomic E-state index is 13.4. The largest absolute Gasteiger partial charge is 0.372 e. The van der Waals surface area contributed by atoms with E-state index in [-0.39, 0.29) is 5.91 Å². The van der Waals surface area contributed by atoms with Crippen LogP contribution in [0.1, 0.15) is 32.3 Å². The molecule has 3 heterocycles. The monoisotopic (exact) mass is 536 g/mol. The Labute approximate surface area is 229 Å². The first-order chi connectivity index (χ1) is 17.8. The number of rotatable bonds is 5. The van der Waals surface area contributed by atoms with Gasteiger partial charge in [0, 0.05) is 57.2 Å². The Hall–Kier alpha value is -2.70. The fraction of sp³-hybridized carbons (Fsp3) is 0.464. The number of nitrogens with one attached hydrogen (secondary N) is 1. The van der Waals surface area contributed by atoms with Crippen LogP contribution in [-0.4, -0.2) is 67.3 Å². The van der Waals surface area contributed by atoms with E-state index in [9.17, 15) is 10.1 Å². The maximum Gasteiger partial charge on any atom is 0.259 e. The number of halogens is 1. The minimum Gasteiger partial charge on any atom is -0.372 e. The zero-order valence-corrected chi connectivity index (χ0v) is 23.0. The van der Waals surface area contributed by atoms with Crippen LogP contribution in [0.4, 0.5) is 17.1 Å². The van der Waals surface area contributed by atoms with Crippen molar-refractivity contribution in [2.75, 3.05) is 60.5 Å². The molecular weight excluding hydrogens is 504 g/mol. The molecule has 3 aliphatic heterocycles. The summed E-state index contributed by atoms with van der Waals surface area (Å²) < 4.78 is 0. The van der Waals surface area contributed by atoms with Gasteiger partial charge in [0.1, 0.15) is 11.6 Å². The van der Waals surface area contributed by atoms with Crippen LogP contribution in [0.25, 0.3) is 0 Å². The van der Waals surface area contributed by atoms with Crippen LogP contribution in [0.5, 0.6) is 0 Å². The summed E-state index contributed by atoms with van der Waals surface area (Å²) in [5.41, 5.74) is 2.15. The lowest BCUT2D eigenvalue weighted by Gasteiger charge is -2.37. The first-order valence-corrected chi connectivity index (χ1v) is 13.7. The van der Waals surface area contributed by atoms with Crippen molar-refractivity contribution >= 4 is 51.9 Å². The molecule has 2 aromatic carbocycles. The van der Waals surface area contributed by atoms with Crippen molar-refractivity contribution in [3.8, 4) is 6.07 Å². The Bertz CT molecular complexity index is 1210. The molecule has 0 radical (unpaired) electrons. The van der Waals surface area contributed by atoms with Gasteiger partial charge in [0.25, 0.3) is 5.91 Å². The van der Waals surface area contributed by atoms with E-state index in [0.717, 1.165) is 50.9 Å². The van der Waals surface area contributed by atoms with Gasteiger partial charge in [-0.3, -0.25) is 9.69 Å². The quantitative estimate of drug-likeness (QED) is 0.573. The Balaban J connectivity index is 1.27. The molecule has 194 valence electrons. The maximum atomic E-state index is 13.4. The van der Waals surface area contributed by atoms with Gasteiger partial charge in [0.15, 0.2) is 5.11 Å². The summed E-state index contributed by atoms with van der Waals surface area (Å²) in [6.45, 7) is 11.6. The second kappa shape index (κ2) is 10.6. The summed E-state index contributed by atoms with van der Waals surface area (Å²) in [4.78, 5) is 21.9. The summed E-state index contributed by atoms with van der Waals surface area (Å²) in [7, 11) is 0. The molecule has 0 unspecified atom stereocenters. The van der Waals surface area contributed by atoms with Crippen LogP contribution in [0.3, 0.4) is 0 Å². The van der Waals surface area contributed by atoms with E-state index in [1.807, 2.05) is 18.7 Å². The molecule has 2 aromatic rings. The number of nitriles is 1. The number of benzene rings is 2. The highest BCUT2D eigenvalue weighted by Gasteiger charge is 2.50. The van der Waals surface area contributed by atoms with Gasteiger partial charge < -0.3 is 20.0 Å². The third kappa shape index (κ3) is 5.06. The number of anilines is 3. The van der Waals surface area contributed by atoms with Gasteiger partial charge >= 0.3 is 0 Å². The number of amides is 1. The Morgan fingerprint density at radius 2 is 1.65 bits per heavy atom. The van der Waals surface area contributed by atoms with Crippen LogP contribution >= 0.6 is 23.8 Å². The van der Waals surface area contributed by atoms with Gasteiger partial charge in [-0.1, -0.05) is 11.6 Å². The molecule has 3 fully saturated rings. The SMILES string of the molecule is CC1(C)C(=O)N(c2ccc(C#N)c(Cl)c2)C(=S)N1c1ccc(N2CCC(CN3CCNCC3)CC2)cc1. The molecule has 3 saturated heterocycles. The molecule has 0 saturated carbocycles. The minimum absolute atomic E-state index is 0.131. The molecule has 1 amide bonds. The molecule has 0 spiro atoms. The van der Waals surface area contributed by atoms with Crippen molar-refractivity contribution in [3.63, 3.8) is 0 Å². The average molecular weight is 537 g/mol. The molecule has 9 heteroatoms. The van der Waals surface area contributed by atoms with E-state index in [0.29, 0.717) is 21.4 Å². The smallest absolute Gasteiger partial charge is 0.259 e. The topological polar surface area (TPSA) is 65.9 Å². The molecule has 5 rings (SSSR count). The highest BCUT2D eigenvalue weighted by Crippen LogP contribution is 2.38. The molecule has 0 bridgehead atoms. The van der Waals surface area contributed by atoms with Gasteiger partial charge in [-0.25, -0.2) is 0 Å². The third-order valence-corrected chi connectivity index (χ3v) is 8.49. The number of hydrogen-bond acceptors (Lipinski definition) is 6. The minimum atomic E-state index is -0.860. The van der Waals surface area contributed by atoms with Crippen molar-refractivity contribution in [3.05, 3.63) is 53.1 Å². The average Bonchev–Trinajstić information content (AvgIpc) is 3.08. The molecule has 1 N–H and O–H groups in total. The fourth-order valence-electron chi connectivity index (χ4n) is 5.64. The summed E-state index contributed by atoms with van der Waals surface area (Å²) in [5, 5.41) is 13.3. The van der Waals surface area contributed by atoms with E-state index in [4.69, 9.17) is 23.8 Å². The number of carbonyl (C=O) groups is 1. The van der Waals surface area contributed by atoms with E-state index in [2.05, 4.69) is 45.5 Å². The van der Waals surface area contributed by atoms with E-state index < -0.39 is 5.54 Å². The number of piperazine rings is 1. The predicted octanol–water partition coefficient (Wildman–Crippen LogP) is 4.25. The van der Waals surface area contributed by atoms with Crippen molar-refractivity contribution in [2.45, 2.75) is 32.2 Å². The second-order valence-electron chi connectivity index (χ2n) is 10.6. The van der Waals surface area contributed by atoms with Gasteiger partial charge in [-0.15, -0.1) is 0 Å². The van der Waals surface area contributed by atoms with Crippen LogP contribution in [0, 0.1) is 17.2 Å². The summed E-state index contributed by atoms with van der Waals surface area (Å²) >= 11 is 12.0. The van der Waals surface area contributed by atoms with Crippen LogP contribution in [-0.2, 0) is 4.79 Å². The van der Waals surface area contributed by atoms with Crippen molar-refractivity contribution in [1.29, 1.82) is 5.26 Å². The van der Waals surface area contributed by atoms with E-state index in [1.165, 1.54) is 30.0 Å². The molecule has 0 aromatic heterocycles. The molecule has 3 aliphatic rings. The number of carbonyl (C=O) groups excluding carboxylic acids is 1. The Kier molecular flexibility index (Phi) is 7.42. The van der Waals surface area contributed by atoms with Crippen LogP contribution < -0.4 is 20.0 Å². The van der Waals surface area contributed by atoms with Gasteiger partial charge in [0.05, 0.1) is 16.3 Å². The third-order valence-electron chi connectivity index (χ3n) is 7.81. The lowest BCUT2D eigenvalue weighted by atomic mass is 9.95. The zero-order chi connectivity index (χ0) is 26.2. The molecule has 37 heavy (non-hydrogen) atoms. The first-order valence-electron chi connectivity index (χ1n) is 13.0. The molecular formula is C28H33ClN6OS. The lowest BCUT2D eigenvalue weighted by molar-refractivity contribution is -0.120. The van der Waals surface area contributed by atoms with Crippen LogP contribution in [0.15, 0.2) is 42.5 Å². The zero-order valence-electron chi connectivity index (χ0n) is 21.4. The molecule has 0 atom stereocenters. The fourth-order valence-corrected chi connectivity index (χ4v) is 6.37.